The number of aryl methyl sites for hydroxylation is 1. The van der Waals surface area contributed by atoms with Crippen LogP contribution in [0.2, 0.25) is 0 Å². The molecule has 1 amide bonds. The molecular formula is C20H24N2O4. The van der Waals surface area contributed by atoms with E-state index in [1.807, 2.05) is 24.3 Å². The van der Waals surface area contributed by atoms with Gasteiger partial charge in [0, 0.05) is 18.2 Å². The van der Waals surface area contributed by atoms with Crippen molar-refractivity contribution in [2.45, 2.75) is 25.8 Å². The molecule has 1 atom stereocenters. The molecule has 0 heterocycles. The Hall–Kier alpha value is -2.89. The summed E-state index contributed by atoms with van der Waals surface area (Å²) in [5.74, 6) is 1.72. The van der Waals surface area contributed by atoms with Crippen molar-refractivity contribution in [2.24, 2.45) is 0 Å². The zero-order valence-electron chi connectivity index (χ0n) is 15.5. The lowest BCUT2D eigenvalue weighted by Crippen LogP contribution is -2.26. The Morgan fingerprint density at radius 1 is 1.12 bits per heavy atom. The highest BCUT2D eigenvalue weighted by Crippen LogP contribution is 2.50. The molecule has 0 unspecified atom stereocenters. The van der Waals surface area contributed by atoms with E-state index in [2.05, 4.69) is 5.32 Å². The summed E-state index contributed by atoms with van der Waals surface area (Å²) in [7, 11) is 4.81. The molecule has 138 valence electrons. The van der Waals surface area contributed by atoms with Gasteiger partial charge in [-0.05, 0) is 47.7 Å². The quantitative estimate of drug-likeness (QED) is 0.823. The van der Waals surface area contributed by atoms with Gasteiger partial charge in [0.1, 0.15) is 0 Å². The number of hydrogen-bond donors (Lipinski definition) is 2. The first-order valence-corrected chi connectivity index (χ1v) is 8.48. The van der Waals surface area contributed by atoms with E-state index >= 15 is 0 Å². The molecule has 0 spiro atoms. The maximum atomic E-state index is 11.7. The van der Waals surface area contributed by atoms with E-state index in [-0.39, 0.29) is 11.9 Å². The largest absolute Gasteiger partial charge is 0.493 e. The van der Waals surface area contributed by atoms with E-state index in [4.69, 9.17) is 19.9 Å². The Bertz CT molecular complexity index is 848. The highest BCUT2D eigenvalue weighted by Gasteiger charge is 2.29. The molecular weight excluding hydrogens is 332 g/mol. The molecule has 0 radical (unpaired) electrons. The summed E-state index contributed by atoms with van der Waals surface area (Å²) in [6, 6.07) is 7.60. The van der Waals surface area contributed by atoms with Gasteiger partial charge in [0.25, 0.3) is 0 Å². The number of carbonyl (C=O) groups excluding carboxylic acids is 1. The molecule has 3 N–H and O–H groups in total. The van der Waals surface area contributed by atoms with Gasteiger partial charge < -0.3 is 25.3 Å². The third-order valence-corrected chi connectivity index (χ3v) is 4.71. The minimum atomic E-state index is -0.125. The van der Waals surface area contributed by atoms with Crippen LogP contribution in [0.5, 0.6) is 17.2 Å². The average molecular weight is 356 g/mol. The molecule has 0 saturated heterocycles. The summed E-state index contributed by atoms with van der Waals surface area (Å²) in [5, 5.41) is 3.04. The SMILES string of the molecule is COc1cc2c(c(OC)c1OC)-c1ccc(N)cc1[C@@H](NC(C)=O)CC2. The maximum absolute atomic E-state index is 11.7. The van der Waals surface area contributed by atoms with Gasteiger partial charge in [-0.3, -0.25) is 4.79 Å². The van der Waals surface area contributed by atoms with Crippen LogP contribution in [0.15, 0.2) is 24.3 Å². The molecule has 0 bridgehead atoms. The fourth-order valence-electron chi connectivity index (χ4n) is 3.65. The minimum Gasteiger partial charge on any atom is -0.493 e. The van der Waals surface area contributed by atoms with Crippen molar-refractivity contribution in [2.75, 3.05) is 27.1 Å². The normalized spacial score (nSPS) is 15.3. The van der Waals surface area contributed by atoms with Crippen LogP contribution in [-0.4, -0.2) is 27.2 Å². The number of nitrogens with one attached hydrogen (secondary N) is 1. The summed E-state index contributed by atoms with van der Waals surface area (Å²) >= 11 is 0. The second kappa shape index (κ2) is 7.15. The molecule has 0 aliphatic heterocycles. The third kappa shape index (κ3) is 3.03. The molecule has 3 rings (SSSR count). The second-order valence-electron chi connectivity index (χ2n) is 6.32. The average Bonchev–Trinajstić information content (AvgIpc) is 2.76. The predicted molar refractivity (Wildman–Crippen MR) is 101 cm³/mol. The van der Waals surface area contributed by atoms with Crippen molar-refractivity contribution in [3.05, 3.63) is 35.4 Å². The topological polar surface area (TPSA) is 82.8 Å². The Balaban J connectivity index is 2.31. The van der Waals surface area contributed by atoms with Crippen LogP contribution in [0.1, 0.15) is 30.5 Å². The smallest absolute Gasteiger partial charge is 0.217 e. The molecule has 1 aliphatic rings. The van der Waals surface area contributed by atoms with Crippen molar-refractivity contribution in [1.29, 1.82) is 0 Å². The third-order valence-electron chi connectivity index (χ3n) is 4.71. The molecule has 2 aromatic carbocycles. The number of ether oxygens (including phenoxy) is 3. The highest BCUT2D eigenvalue weighted by molar-refractivity contribution is 5.84. The summed E-state index contributed by atoms with van der Waals surface area (Å²) in [6.45, 7) is 1.52. The van der Waals surface area contributed by atoms with Gasteiger partial charge in [-0.1, -0.05) is 6.07 Å². The lowest BCUT2D eigenvalue weighted by molar-refractivity contribution is -0.119. The molecule has 6 nitrogen and oxygen atoms in total. The van der Waals surface area contributed by atoms with Crippen LogP contribution in [0, 0.1) is 0 Å². The lowest BCUT2D eigenvalue weighted by atomic mass is 9.93. The molecule has 0 saturated carbocycles. The number of amides is 1. The Labute approximate surface area is 153 Å². The van der Waals surface area contributed by atoms with Gasteiger partial charge in [-0.25, -0.2) is 0 Å². The minimum absolute atomic E-state index is 0.0727. The fourth-order valence-corrected chi connectivity index (χ4v) is 3.65. The summed E-state index contributed by atoms with van der Waals surface area (Å²) in [6.07, 6.45) is 1.51. The van der Waals surface area contributed by atoms with Gasteiger partial charge in [0.05, 0.1) is 27.4 Å². The number of benzene rings is 2. The van der Waals surface area contributed by atoms with Crippen LogP contribution >= 0.6 is 0 Å². The molecule has 6 heteroatoms. The van der Waals surface area contributed by atoms with Crippen molar-refractivity contribution in [1.82, 2.24) is 5.32 Å². The van der Waals surface area contributed by atoms with Crippen molar-refractivity contribution in [3.8, 4) is 28.4 Å². The number of hydrogen-bond acceptors (Lipinski definition) is 5. The zero-order valence-corrected chi connectivity index (χ0v) is 15.5. The lowest BCUT2D eigenvalue weighted by Gasteiger charge is -2.21. The van der Waals surface area contributed by atoms with E-state index in [1.165, 1.54) is 6.92 Å². The molecule has 0 aromatic heterocycles. The van der Waals surface area contributed by atoms with E-state index < -0.39 is 0 Å². The number of fused-ring (bicyclic) bond motifs is 3. The van der Waals surface area contributed by atoms with Gasteiger partial charge in [-0.2, -0.15) is 0 Å². The summed E-state index contributed by atoms with van der Waals surface area (Å²) in [5.41, 5.74) is 10.7. The van der Waals surface area contributed by atoms with Crippen LogP contribution in [0.4, 0.5) is 5.69 Å². The first kappa shape index (κ1) is 17.9. The van der Waals surface area contributed by atoms with Crippen LogP contribution in [-0.2, 0) is 11.2 Å². The van der Waals surface area contributed by atoms with Gasteiger partial charge in [0.15, 0.2) is 11.5 Å². The van der Waals surface area contributed by atoms with Crippen molar-refractivity contribution >= 4 is 11.6 Å². The van der Waals surface area contributed by atoms with Gasteiger partial charge in [-0.15, -0.1) is 0 Å². The monoisotopic (exact) mass is 356 g/mol. The fraction of sp³-hybridized carbons (Fsp3) is 0.350. The number of methoxy groups -OCH3 is 3. The molecule has 26 heavy (non-hydrogen) atoms. The molecule has 2 aromatic rings. The van der Waals surface area contributed by atoms with Crippen LogP contribution in [0.25, 0.3) is 11.1 Å². The number of rotatable bonds is 4. The molecule has 0 fully saturated rings. The number of carbonyl (C=O) groups is 1. The first-order valence-electron chi connectivity index (χ1n) is 8.48. The second-order valence-corrected chi connectivity index (χ2v) is 6.32. The Morgan fingerprint density at radius 3 is 2.46 bits per heavy atom. The van der Waals surface area contributed by atoms with E-state index in [0.29, 0.717) is 22.9 Å². The number of nitrogens with two attached hydrogens (primary N) is 1. The first-order chi connectivity index (χ1) is 12.5. The molecule has 1 aliphatic carbocycles. The van der Waals surface area contributed by atoms with Crippen LogP contribution in [0.3, 0.4) is 0 Å². The standard InChI is InChI=1S/C20H24N2O4/c1-11(23)22-16-8-5-12-9-17(24-2)19(25-3)20(26-4)18(12)14-7-6-13(21)10-15(14)16/h6-7,9-10,16H,5,8,21H2,1-4H3,(H,22,23)/t16-/m0/s1. The maximum Gasteiger partial charge on any atom is 0.217 e. The zero-order chi connectivity index (χ0) is 18.8. The summed E-state index contributed by atoms with van der Waals surface area (Å²) in [4.78, 5) is 11.7. The Morgan fingerprint density at radius 2 is 1.85 bits per heavy atom. The Kier molecular flexibility index (Phi) is 4.93. The van der Waals surface area contributed by atoms with Gasteiger partial charge in [0.2, 0.25) is 11.7 Å². The number of nitrogen functional groups attached to an aromatic ring is 1. The van der Waals surface area contributed by atoms with Crippen LogP contribution < -0.4 is 25.3 Å². The van der Waals surface area contributed by atoms with Crippen molar-refractivity contribution < 1.29 is 19.0 Å². The number of anilines is 1. The van der Waals surface area contributed by atoms with Gasteiger partial charge >= 0.3 is 0 Å². The highest BCUT2D eigenvalue weighted by atomic mass is 16.5. The van der Waals surface area contributed by atoms with E-state index in [9.17, 15) is 4.79 Å². The predicted octanol–water partition coefficient (Wildman–Crippen LogP) is 3.09. The van der Waals surface area contributed by atoms with E-state index in [1.54, 1.807) is 21.3 Å². The van der Waals surface area contributed by atoms with E-state index in [0.717, 1.165) is 35.1 Å². The van der Waals surface area contributed by atoms with Crippen molar-refractivity contribution in [3.63, 3.8) is 0 Å². The summed E-state index contributed by atoms with van der Waals surface area (Å²) < 4.78 is 16.8.